The molecule has 0 spiro atoms. The number of hydrogen-bond acceptors (Lipinski definition) is 2. The molecular formula is C13H20FNO. The average Bonchev–Trinajstić information content (AvgIpc) is 2.27. The first-order valence-corrected chi connectivity index (χ1v) is 5.75. The van der Waals surface area contributed by atoms with Gasteiger partial charge in [-0.3, -0.25) is 0 Å². The first kappa shape index (κ1) is 13.0. The van der Waals surface area contributed by atoms with E-state index in [2.05, 4.69) is 6.92 Å². The van der Waals surface area contributed by atoms with Gasteiger partial charge in [-0.1, -0.05) is 19.4 Å². The number of halogens is 1. The van der Waals surface area contributed by atoms with Crippen LogP contribution in [0.25, 0.3) is 0 Å². The lowest BCUT2D eigenvalue weighted by atomic mass is 10.0. The SMILES string of the molecule is CCCC(N)CCc1ccc(OC)c(F)c1. The summed E-state index contributed by atoms with van der Waals surface area (Å²) in [6.07, 6.45) is 3.85. The highest BCUT2D eigenvalue weighted by atomic mass is 19.1. The van der Waals surface area contributed by atoms with Crippen molar-refractivity contribution in [2.24, 2.45) is 5.73 Å². The lowest BCUT2D eigenvalue weighted by Crippen LogP contribution is -2.20. The smallest absolute Gasteiger partial charge is 0.165 e. The van der Waals surface area contributed by atoms with Gasteiger partial charge in [-0.05, 0) is 37.0 Å². The number of nitrogens with two attached hydrogens (primary N) is 1. The van der Waals surface area contributed by atoms with E-state index in [1.54, 1.807) is 6.07 Å². The Balaban J connectivity index is 2.51. The molecule has 0 bridgehead atoms. The van der Waals surface area contributed by atoms with Crippen LogP contribution in [0.4, 0.5) is 4.39 Å². The largest absolute Gasteiger partial charge is 0.494 e. The summed E-state index contributed by atoms with van der Waals surface area (Å²) < 4.78 is 18.2. The summed E-state index contributed by atoms with van der Waals surface area (Å²) in [7, 11) is 1.47. The molecule has 1 aromatic rings. The topological polar surface area (TPSA) is 35.2 Å². The van der Waals surface area contributed by atoms with E-state index in [1.807, 2.05) is 6.07 Å². The van der Waals surface area contributed by atoms with Gasteiger partial charge in [0.1, 0.15) is 0 Å². The Morgan fingerprint density at radius 1 is 1.38 bits per heavy atom. The fourth-order valence-electron chi connectivity index (χ4n) is 1.73. The maximum Gasteiger partial charge on any atom is 0.165 e. The molecule has 1 unspecified atom stereocenters. The highest BCUT2D eigenvalue weighted by Gasteiger charge is 2.05. The van der Waals surface area contributed by atoms with E-state index >= 15 is 0 Å². The maximum absolute atomic E-state index is 13.4. The van der Waals surface area contributed by atoms with Gasteiger partial charge in [-0.15, -0.1) is 0 Å². The molecule has 1 aromatic carbocycles. The summed E-state index contributed by atoms with van der Waals surface area (Å²) in [6.45, 7) is 2.12. The summed E-state index contributed by atoms with van der Waals surface area (Å²) in [4.78, 5) is 0. The third kappa shape index (κ3) is 3.81. The lowest BCUT2D eigenvalue weighted by molar-refractivity contribution is 0.386. The van der Waals surface area contributed by atoms with Crippen LogP contribution in [0.5, 0.6) is 5.75 Å². The Bertz CT molecular complexity index is 328. The number of hydrogen-bond donors (Lipinski definition) is 1. The van der Waals surface area contributed by atoms with Crippen molar-refractivity contribution < 1.29 is 9.13 Å². The molecule has 16 heavy (non-hydrogen) atoms. The fraction of sp³-hybridized carbons (Fsp3) is 0.538. The van der Waals surface area contributed by atoms with Gasteiger partial charge in [0.05, 0.1) is 7.11 Å². The van der Waals surface area contributed by atoms with Gasteiger partial charge >= 0.3 is 0 Å². The minimum Gasteiger partial charge on any atom is -0.494 e. The second-order valence-corrected chi connectivity index (χ2v) is 4.06. The van der Waals surface area contributed by atoms with Crippen molar-refractivity contribution in [3.63, 3.8) is 0 Å². The van der Waals surface area contributed by atoms with Gasteiger partial charge in [-0.2, -0.15) is 0 Å². The number of rotatable bonds is 6. The Hall–Kier alpha value is -1.09. The van der Waals surface area contributed by atoms with Crippen LogP contribution in [-0.4, -0.2) is 13.2 Å². The molecule has 2 N–H and O–H groups in total. The molecule has 1 rings (SSSR count). The Morgan fingerprint density at radius 2 is 2.12 bits per heavy atom. The first-order chi connectivity index (χ1) is 7.67. The molecule has 2 nitrogen and oxygen atoms in total. The van der Waals surface area contributed by atoms with Crippen molar-refractivity contribution in [3.05, 3.63) is 29.6 Å². The zero-order chi connectivity index (χ0) is 12.0. The van der Waals surface area contributed by atoms with Gasteiger partial charge in [0.15, 0.2) is 11.6 Å². The predicted octanol–water partition coefficient (Wildman–Crippen LogP) is 2.89. The van der Waals surface area contributed by atoms with Gasteiger partial charge in [0.2, 0.25) is 0 Å². The van der Waals surface area contributed by atoms with E-state index in [-0.39, 0.29) is 11.9 Å². The quantitative estimate of drug-likeness (QED) is 0.808. The van der Waals surface area contributed by atoms with Crippen LogP contribution in [0.2, 0.25) is 0 Å². The second kappa shape index (κ2) is 6.48. The summed E-state index contributed by atoms with van der Waals surface area (Å²) in [5.74, 6) is -0.00864. The van der Waals surface area contributed by atoms with Crippen molar-refractivity contribution >= 4 is 0 Å². The van der Waals surface area contributed by atoms with E-state index in [1.165, 1.54) is 13.2 Å². The van der Waals surface area contributed by atoms with Crippen LogP contribution in [0.15, 0.2) is 18.2 Å². The molecule has 3 heteroatoms. The molecule has 0 aromatic heterocycles. The van der Waals surface area contributed by atoms with Crippen LogP contribution < -0.4 is 10.5 Å². The summed E-state index contributed by atoms with van der Waals surface area (Å²) in [5, 5.41) is 0. The van der Waals surface area contributed by atoms with Crippen LogP contribution in [-0.2, 0) is 6.42 Å². The number of ether oxygens (including phenoxy) is 1. The first-order valence-electron chi connectivity index (χ1n) is 5.75. The van der Waals surface area contributed by atoms with Crippen molar-refractivity contribution in [1.29, 1.82) is 0 Å². The highest BCUT2D eigenvalue weighted by Crippen LogP contribution is 2.18. The lowest BCUT2D eigenvalue weighted by Gasteiger charge is -2.10. The van der Waals surface area contributed by atoms with Crippen LogP contribution in [0, 0.1) is 5.82 Å². The van der Waals surface area contributed by atoms with Crippen molar-refractivity contribution in [2.75, 3.05) is 7.11 Å². The minimum absolute atomic E-state index is 0.218. The minimum atomic E-state index is -0.302. The maximum atomic E-state index is 13.4. The van der Waals surface area contributed by atoms with E-state index in [0.29, 0.717) is 5.75 Å². The summed E-state index contributed by atoms with van der Waals surface area (Å²) in [6, 6.07) is 5.30. The molecule has 0 saturated carbocycles. The molecule has 0 radical (unpaired) electrons. The van der Waals surface area contributed by atoms with Gasteiger partial charge < -0.3 is 10.5 Å². The molecular weight excluding hydrogens is 205 g/mol. The molecule has 1 atom stereocenters. The Kier molecular flexibility index (Phi) is 5.26. The van der Waals surface area contributed by atoms with E-state index in [4.69, 9.17) is 10.5 Å². The van der Waals surface area contributed by atoms with Crippen molar-refractivity contribution in [2.45, 2.75) is 38.6 Å². The summed E-state index contributed by atoms with van der Waals surface area (Å²) in [5.41, 5.74) is 6.88. The normalized spacial score (nSPS) is 12.5. The number of benzene rings is 1. The number of methoxy groups -OCH3 is 1. The zero-order valence-corrected chi connectivity index (χ0v) is 10.0. The number of aryl methyl sites for hydroxylation is 1. The summed E-state index contributed by atoms with van der Waals surface area (Å²) >= 11 is 0. The molecule has 0 heterocycles. The molecule has 90 valence electrons. The standard InChI is InChI=1S/C13H20FNO/c1-3-4-11(15)7-5-10-6-8-13(16-2)12(14)9-10/h6,8-9,11H,3-5,7,15H2,1-2H3. The monoisotopic (exact) mass is 225 g/mol. The zero-order valence-electron chi connectivity index (χ0n) is 10.0. The molecule has 0 saturated heterocycles. The molecule has 0 amide bonds. The van der Waals surface area contributed by atoms with Crippen molar-refractivity contribution in [3.8, 4) is 5.75 Å². The van der Waals surface area contributed by atoms with Crippen LogP contribution in [0.3, 0.4) is 0 Å². The predicted molar refractivity (Wildman–Crippen MR) is 64.2 cm³/mol. The van der Waals surface area contributed by atoms with Gasteiger partial charge in [0.25, 0.3) is 0 Å². The molecule has 0 aliphatic heterocycles. The average molecular weight is 225 g/mol. The Morgan fingerprint density at radius 3 is 2.69 bits per heavy atom. The Labute approximate surface area is 96.6 Å². The molecule has 0 fully saturated rings. The van der Waals surface area contributed by atoms with Crippen molar-refractivity contribution in [1.82, 2.24) is 0 Å². The van der Waals surface area contributed by atoms with E-state index in [9.17, 15) is 4.39 Å². The molecule has 0 aliphatic carbocycles. The highest BCUT2D eigenvalue weighted by molar-refractivity contribution is 5.29. The van der Waals surface area contributed by atoms with Crippen LogP contribution in [0.1, 0.15) is 31.7 Å². The van der Waals surface area contributed by atoms with Gasteiger partial charge in [-0.25, -0.2) is 4.39 Å². The third-order valence-electron chi connectivity index (χ3n) is 2.68. The second-order valence-electron chi connectivity index (χ2n) is 4.06. The van der Waals surface area contributed by atoms with Gasteiger partial charge in [0, 0.05) is 6.04 Å². The van der Waals surface area contributed by atoms with Crippen LogP contribution >= 0.6 is 0 Å². The third-order valence-corrected chi connectivity index (χ3v) is 2.68. The molecule has 0 aliphatic rings. The van der Waals surface area contributed by atoms with E-state index < -0.39 is 0 Å². The van der Waals surface area contributed by atoms with E-state index in [0.717, 1.165) is 31.2 Å². The fourth-order valence-corrected chi connectivity index (χ4v) is 1.73.